The summed E-state index contributed by atoms with van der Waals surface area (Å²) in [6.45, 7) is 4.47. The fourth-order valence-electron chi connectivity index (χ4n) is 3.78. The second-order valence-corrected chi connectivity index (χ2v) is 7.45. The molecule has 9 heteroatoms. The highest BCUT2D eigenvalue weighted by Crippen LogP contribution is 2.42. The molecule has 0 aliphatic carbocycles. The van der Waals surface area contributed by atoms with E-state index in [-0.39, 0.29) is 52.3 Å². The molecular weight excluding hydrogens is 396 g/mol. The maximum Gasteiger partial charge on any atom is 0.193 e. The van der Waals surface area contributed by atoms with E-state index in [0.717, 1.165) is 0 Å². The van der Waals surface area contributed by atoms with Crippen molar-refractivity contribution in [1.82, 2.24) is 0 Å². The van der Waals surface area contributed by atoms with E-state index in [1.165, 1.54) is 13.0 Å². The van der Waals surface area contributed by atoms with Crippen LogP contribution in [0.1, 0.15) is 36.8 Å². The summed E-state index contributed by atoms with van der Waals surface area (Å²) in [6, 6.07) is 2.85. The van der Waals surface area contributed by atoms with E-state index in [0.29, 0.717) is 5.56 Å². The van der Waals surface area contributed by atoms with E-state index in [1.807, 2.05) is 0 Å². The number of ketones is 1. The van der Waals surface area contributed by atoms with Crippen LogP contribution in [0.5, 0.6) is 5.75 Å². The summed E-state index contributed by atoms with van der Waals surface area (Å²) in [5.41, 5.74) is 0.409. The van der Waals surface area contributed by atoms with Crippen LogP contribution >= 0.6 is 0 Å². The van der Waals surface area contributed by atoms with Crippen molar-refractivity contribution in [2.45, 2.75) is 57.7 Å². The van der Waals surface area contributed by atoms with Gasteiger partial charge < -0.3 is 34.3 Å². The van der Waals surface area contributed by atoms with Crippen molar-refractivity contribution < 1.29 is 39.1 Å². The Kier molecular flexibility index (Phi) is 6.59. The van der Waals surface area contributed by atoms with Gasteiger partial charge in [-0.05, 0) is 32.4 Å². The van der Waals surface area contributed by atoms with Crippen LogP contribution in [-0.2, 0) is 16.0 Å². The van der Waals surface area contributed by atoms with Crippen molar-refractivity contribution in [2.24, 2.45) is 0 Å². The largest absolute Gasteiger partial charge is 0.493 e. The molecule has 1 fully saturated rings. The van der Waals surface area contributed by atoms with E-state index < -0.39 is 37.1 Å². The molecule has 4 N–H and O–H groups in total. The predicted octanol–water partition coefficient (Wildman–Crippen LogP) is 0.147. The van der Waals surface area contributed by atoms with Gasteiger partial charge in [-0.3, -0.25) is 9.59 Å². The first-order chi connectivity index (χ1) is 14.2. The van der Waals surface area contributed by atoms with Crippen molar-refractivity contribution >= 4 is 16.8 Å². The third-order valence-electron chi connectivity index (χ3n) is 5.15. The number of benzene rings is 1. The van der Waals surface area contributed by atoms with Crippen LogP contribution < -0.4 is 10.2 Å². The smallest absolute Gasteiger partial charge is 0.193 e. The number of Topliss-reactive ketones (excluding diaryl/α,β-unsaturated/α-hetero) is 1. The van der Waals surface area contributed by atoms with Gasteiger partial charge in [-0.1, -0.05) is 0 Å². The van der Waals surface area contributed by atoms with Crippen molar-refractivity contribution in [2.75, 3.05) is 13.2 Å². The van der Waals surface area contributed by atoms with Gasteiger partial charge in [0.2, 0.25) is 0 Å². The molecule has 30 heavy (non-hydrogen) atoms. The Balaban J connectivity index is 2.31. The number of carbonyl (C=O) groups excluding carboxylic acids is 1. The Bertz CT molecular complexity index is 994. The minimum atomic E-state index is -1.61. The zero-order valence-electron chi connectivity index (χ0n) is 17.0. The van der Waals surface area contributed by atoms with Gasteiger partial charge in [0, 0.05) is 6.07 Å². The lowest BCUT2D eigenvalue weighted by Crippen LogP contribution is -2.55. The third kappa shape index (κ3) is 3.99. The second-order valence-electron chi connectivity index (χ2n) is 7.45. The van der Waals surface area contributed by atoms with Crippen molar-refractivity contribution in [3.8, 4) is 5.75 Å². The number of aliphatic hydroxyl groups is 4. The Morgan fingerprint density at radius 2 is 1.87 bits per heavy atom. The summed E-state index contributed by atoms with van der Waals surface area (Å²) >= 11 is 0. The maximum atomic E-state index is 12.8. The topological polar surface area (TPSA) is 147 Å². The number of aliphatic hydroxyl groups excluding tert-OH is 4. The summed E-state index contributed by atoms with van der Waals surface area (Å²) in [5, 5.41) is 40.7. The molecule has 1 saturated heterocycles. The van der Waals surface area contributed by atoms with Crippen LogP contribution in [-0.4, -0.2) is 63.8 Å². The van der Waals surface area contributed by atoms with E-state index in [4.69, 9.17) is 13.9 Å². The lowest BCUT2D eigenvalue weighted by Gasteiger charge is -2.40. The average molecular weight is 422 g/mol. The lowest BCUT2D eigenvalue weighted by molar-refractivity contribution is -0.231. The summed E-state index contributed by atoms with van der Waals surface area (Å²) in [4.78, 5) is 24.3. The highest BCUT2D eigenvalue weighted by Gasteiger charge is 2.46. The van der Waals surface area contributed by atoms with Crippen LogP contribution in [0, 0.1) is 6.92 Å². The van der Waals surface area contributed by atoms with E-state index in [2.05, 4.69) is 0 Å². The molecule has 2 heterocycles. The molecule has 5 atom stereocenters. The van der Waals surface area contributed by atoms with Gasteiger partial charge in [-0.25, -0.2) is 0 Å². The Hall–Kier alpha value is -2.30. The number of aryl methyl sites for hydroxylation is 1. The second kappa shape index (κ2) is 8.83. The summed E-state index contributed by atoms with van der Waals surface area (Å²) in [7, 11) is 0. The number of ether oxygens (including phenoxy) is 2. The standard InChI is InChI=1S/C21H26O9/c1-4-28-13-5-9(2)15-12(24)7-11(6-10(3)23)29-20(15)16(13)21-19(27)18(26)17(25)14(8-22)30-21/h5,7,14,17-19,21-22,25-27H,4,6,8H2,1-3H3/t14-,17-,18+,19-,21+/m1/s1. The first kappa shape index (κ1) is 22.4. The zero-order chi connectivity index (χ0) is 22.2. The van der Waals surface area contributed by atoms with Crippen molar-refractivity contribution in [1.29, 1.82) is 0 Å². The van der Waals surface area contributed by atoms with Gasteiger partial charge in [0.1, 0.15) is 53.4 Å². The van der Waals surface area contributed by atoms with Gasteiger partial charge in [-0.15, -0.1) is 0 Å². The first-order valence-corrected chi connectivity index (χ1v) is 9.72. The highest BCUT2D eigenvalue weighted by molar-refractivity contribution is 5.86. The van der Waals surface area contributed by atoms with Crippen LogP contribution in [0.25, 0.3) is 11.0 Å². The quantitative estimate of drug-likeness (QED) is 0.511. The summed E-state index contributed by atoms with van der Waals surface area (Å²) in [5.74, 6) is 0.193. The molecule has 9 nitrogen and oxygen atoms in total. The third-order valence-corrected chi connectivity index (χ3v) is 5.15. The molecule has 1 aliphatic rings. The molecule has 1 aromatic carbocycles. The fraction of sp³-hybridized carbons (Fsp3) is 0.524. The number of hydrogen-bond acceptors (Lipinski definition) is 9. The molecule has 2 aromatic rings. The van der Waals surface area contributed by atoms with Gasteiger partial charge in [0.05, 0.1) is 30.6 Å². The number of hydrogen-bond donors (Lipinski definition) is 4. The fourth-order valence-corrected chi connectivity index (χ4v) is 3.78. The lowest BCUT2D eigenvalue weighted by atomic mass is 9.89. The first-order valence-electron chi connectivity index (χ1n) is 9.72. The maximum absolute atomic E-state index is 12.8. The monoisotopic (exact) mass is 422 g/mol. The number of rotatable bonds is 6. The number of fused-ring (bicyclic) bond motifs is 1. The predicted molar refractivity (Wildman–Crippen MR) is 105 cm³/mol. The molecule has 164 valence electrons. The normalized spacial score (nSPS) is 26.7. The molecule has 0 amide bonds. The van der Waals surface area contributed by atoms with Gasteiger partial charge in [0.25, 0.3) is 0 Å². The zero-order valence-corrected chi connectivity index (χ0v) is 17.0. The van der Waals surface area contributed by atoms with Crippen molar-refractivity contribution in [3.63, 3.8) is 0 Å². The van der Waals surface area contributed by atoms with Crippen molar-refractivity contribution in [3.05, 3.63) is 39.2 Å². The van der Waals surface area contributed by atoms with E-state index in [9.17, 15) is 30.0 Å². The van der Waals surface area contributed by atoms with Gasteiger partial charge in [-0.2, -0.15) is 0 Å². The Morgan fingerprint density at radius 1 is 1.17 bits per heavy atom. The molecule has 0 bridgehead atoms. The molecule has 0 spiro atoms. The molecule has 1 aromatic heterocycles. The average Bonchev–Trinajstić information content (AvgIpc) is 2.67. The van der Waals surface area contributed by atoms with Crippen LogP contribution in [0.2, 0.25) is 0 Å². The Morgan fingerprint density at radius 3 is 2.47 bits per heavy atom. The Labute approximate surface area is 172 Å². The van der Waals surface area contributed by atoms with Gasteiger partial charge in [0.15, 0.2) is 5.43 Å². The summed E-state index contributed by atoms with van der Waals surface area (Å²) < 4.78 is 17.3. The van der Waals surface area contributed by atoms with E-state index >= 15 is 0 Å². The molecular formula is C21H26O9. The van der Waals surface area contributed by atoms with E-state index in [1.54, 1.807) is 19.9 Å². The van der Waals surface area contributed by atoms with Crippen LogP contribution in [0.4, 0.5) is 0 Å². The van der Waals surface area contributed by atoms with Gasteiger partial charge >= 0.3 is 0 Å². The molecule has 1 aliphatic heterocycles. The van der Waals surface area contributed by atoms with Crippen LogP contribution in [0.3, 0.4) is 0 Å². The molecule has 0 unspecified atom stereocenters. The molecule has 0 radical (unpaired) electrons. The van der Waals surface area contributed by atoms with Crippen LogP contribution in [0.15, 0.2) is 21.3 Å². The highest BCUT2D eigenvalue weighted by atomic mass is 16.5. The molecule has 0 saturated carbocycles. The minimum absolute atomic E-state index is 0.0616. The minimum Gasteiger partial charge on any atom is -0.493 e. The molecule has 3 rings (SSSR count). The SMILES string of the molecule is CCOc1cc(C)c2c(=O)cc(CC(C)=O)oc2c1[C@@H]1O[C@H](CO)[C@@H](O)[C@H](O)[C@H]1O. The summed E-state index contributed by atoms with van der Waals surface area (Å²) in [6.07, 6.45) is -7.24. The number of carbonyl (C=O) groups is 1.